The number of nitrogens with zero attached hydrogens (tertiary/aromatic N) is 3. The van der Waals surface area contributed by atoms with Crippen molar-refractivity contribution < 1.29 is 19.0 Å². The number of pyridine rings is 1. The number of aryl methyl sites for hydroxylation is 1. The van der Waals surface area contributed by atoms with Crippen LogP contribution in [0, 0.1) is 0 Å². The maximum atomic E-state index is 12.4. The molecule has 9 nitrogen and oxygen atoms in total. The molecule has 0 aliphatic rings. The van der Waals surface area contributed by atoms with E-state index in [4.69, 9.17) is 14.2 Å². The van der Waals surface area contributed by atoms with Crippen LogP contribution in [-0.2, 0) is 13.6 Å². The van der Waals surface area contributed by atoms with Crippen LogP contribution in [0.5, 0.6) is 17.2 Å². The number of nitrogens with one attached hydrogen (secondary N) is 2. The summed E-state index contributed by atoms with van der Waals surface area (Å²) < 4.78 is 17.6. The lowest BCUT2D eigenvalue weighted by atomic mass is 10.1. The minimum atomic E-state index is -0.375. The maximum absolute atomic E-state index is 12.4. The standard InChI is InChI=1S/C20H23N5O4/c1-25-12-14(11-23-25)18-13(6-5-7-21-18)10-22-20(26)24-15-8-16(27-2)19(29-4)17(9-15)28-3/h5-9,11-12H,10H2,1-4H3,(H2,22,24,26). The molecular formula is C20H23N5O4. The summed E-state index contributed by atoms with van der Waals surface area (Å²) in [5, 5.41) is 9.79. The van der Waals surface area contributed by atoms with Gasteiger partial charge in [0.05, 0.1) is 38.9 Å². The Bertz CT molecular complexity index is 977. The van der Waals surface area contributed by atoms with E-state index in [9.17, 15) is 4.79 Å². The minimum Gasteiger partial charge on any atom is -0.493 e. The minimum absolute atomic E-state index is 0.300. The number of carbonyl (C=O) groups excluding carboxylic acids is 1. The lowest BCUT2D eigenvalue weighted by molar-refractivity contribution is 0.251. The van der Waals surface area contributed by atoms with E-state index in [1.165, 1.54) is 21.3 Å². The van der Waals surface area contributed by atoms with Gasteiger partial charge in [0.1, 0.15) is 0 Å². The van der Waals surface area contributed by atoms with Crippen molar-refractivity contribution in [1.29, 1.82) is 0 Å². The summed E-state index contributed by atoms with van der Waals surface area (Å²) in [5.41, 5.74) is 3.04. The Morgan fingerprint density at radius 1 is 1.14 bits per heavy atom. The number of methoxy groups -OCH3 is 3. The number of aromatic nitrogens is 3. The van der Waals surface area contributed by atoms with E-state index < -0.39 is 0 Å². The molecule has 29 heavy (non-hydrogen) atoms. The van der Waals surface area contributed by atoms with Crippen molar-refractivity contribution in [2.24, 2.45) is 7.05 Å². The van der Waals surface area contributed by atoms with E-state index >= 15 is 0 Å². The number of rotatable bonds is 7. The van der Waals surface area contributed by atoms with Crippen LogP contribution < -0.4 is 24.8 Å². The fourth-order valence-electron chi connectivity index (χ4n) is 2.89. The van der Waals surface area contributed by atoms with Gasteiger partial charge < -0.3 is 24.8 Å². The van der Waals surface area contributed by atoms with E-state index in [2.05, 4.69) is 20.7 Å². The highest BCUT2D eigenvalue weighted by Gasteiger charge is 2.15. The molecule has 0 radical (unpaired) electrons. The second-order valence-electron chi connectivity index (χ2n) is 6.14. The van der Waals surface area contributed by atoms with Crippen molar-refractivity contribution in [3.63, 3.8) is 0 Å². The smallest absolute Gasteiger partial charge is 0.319 e. The molecule has 0 aliphatic heterocycles. The third-order valence-electron chi connectivity index (χ3n) is 4.23. The first-order valence-electron chi connectivity index (χ1n) is 8.83. The highest BCUT2D eigenvalue weighted by Crippen LogP contribution is 2.39. The molecule has 0 fully saturated rings. The maximum Gasteiger partial charge on any atom is 0.319 e. The Kier molecular flexibility index (Phi) is 6.18. The second kappa shape index (κ2) is 8.96. The molecule has 152 valence electrons. The van der Waals surface area contributed by atoms with Gasteiger partial charge in [0, 0.05) is 43.7 Å². The molecule has 0 saturated carbocycles. The summed E-state index contributed by atoms with van der Waals surface area (Å²) in [4.78, 5) is 16.8. The molecule has 9 heteroatoms. The first-order valence-corrected chi connectivity index (χ1v) is 8.83. The number of hydrogen-bond donors (Lipinski definition) is 2. The van der Waals surface area contributed by atoms with Gasteiger partial charge in [-0.3, -0.25) is 9.67 Å². The van der Waals surface area contributed by atoms with Gasteiger partial charge in [-0.1, -0.05) is 6.07 Å². The fourth-order valence-corrected chi connectivity index (χ4v) is 2.89. The number of urea groups is 1. The molecule has 3 rings (SSSR count). The topological polar surface area (TPSA) is 99.5 Å². The molecule has 0 spiro atoms. The van der Waals surface area contributed by atoms with E-state index in [0.717, 1.165) is 16.8 Å². The first-order chi connectivity index (χ1) is 14.0. The SMILES string of the molecule is COc1cc(NC(=O)NCc2cccnc2-c2cnn(C)c2)cc(OC)c1OC. The molecule has 2 aromatic heterocycles. The Morgan fingerprint density at radius 3 is 2.45 bits per heavy atom. The lowest BCUT2D eigenvalue weighted by Gasteiger charge is -2.15. The van der Waals surface area contributed by atoms with E-state index in [1.807, 2.05) is 25.4 Å². The zero-order valence-electron chi connectivity index (χ0n) is 16.7. The quantitative estimate of drug-likeness (QED) is 0.636. The van der Waals surface area contributed by atoms with Crippen LogP contribution in [0.15, 0.2) is 42.9 Å². The van der Waals surface area contributed by atoms with Crippen LogP contribution in [0.25, 0.3) is 11.3 Å². The van der Waals surface area contributed by atoms with Crippen LogP contribution >= 0.6 is 0 Å². The van der Waals surface area contributed by atoms with Crippen molar-refractivity contribution in [2.75, 3.05) is 26.6 Å². The third kappa shape index (κ3) is 4.57. The van der Waals surface area contributed by atoms with Gasteiger partial charge >= 0.3 is 6.03 Å². The van der Waals surface area contributed by atoms with Gasteiger partial charge in [-0.15, -0.1) is 0 Å². The monoisotopic (exact) mass is 397 g/mol. The largest absolute Gasteiger partial charge is 0.493 e. The number of amides is 2. The number of carbonyl (C=O) groups is 1. The van der Waals surface area contributed by atoms with Gasteiger partial charge in [-0.2, -0.15) is 5.10 Å². The molecule has 0 unspecified atom stereocenters. The van der Waals surface area contributed by atoms with Crippen molar-refractivity contribution in [1.82, 2.24) is 20.1 Å². The summed E-state index contributed by atoms with van der Waals surface area (Å²) in [7, 11) is 6.40. The molecule has 0 bridgehead atoms. The third-order valence-corrected chi connectivity index (χ3v) is 4.23. The predicted octanol–water partition coefficient (Wildman–Crippen LogP) is 2.83. The van der Waals surface area contributed by atoms with E-state index in [1.54, 1.807) is 29.2 Å². The highest BCUT2D eigenvalue weighted by molar-refractivity contribution is 5.90. The average Bonchev–Trinajstić information content (AvgIpc) is 3.17. The number of benzene rings is 1. The summed E-state index contributed by atoms with van der Waals surface area (Å²) in [6, 6.07) is 6.68. The molecule has 2 N–H and O–H groups in total. The van der Waals surface area contributed by atoms with E-state index in [0.29, 0.717) is 29.5 Å². The molecule has 1 aromatic carbocycles. The van der Waals surface area contributed by atoms with Gasteiger partial charge in [0.25, 0.3) is 0 Å². The summed E-state index contributed by atoms with van der Waals surface area (Å²) in [6.07, 6.45) is 5.32. The van der Waals surface area contributed by atoms with Crippen LogP contribution in [-0.4, -0.2) is 42.1 Å². The first kappa shape index (κ1) is 20.0. The van der Waals surface area contributed by atoms with Gasteiger partial charge in [-0.05, 0) is 11.6 Å². The average molecular weight is 397 g/mol. The van der Waals surface area contributed by atoms with Crippen LogP contribution in [0.3, 0.4) is 0 Å². The van der Waals surface area contributed by atoms with Gasteiger partial charge in [0.15, 0.2) is 11.5 Å². The summed E-state index contributed by atoms with van der Waals surface area (Å²) in [5.74, 6) is 1.36. The second-order valence-corrected chi connectivity index (χ2v) is 6.14. The van der Waals surface area contributed by atoms with E-state index in [-0.39, 0.29) is 6.03 Å². The number of ether oxygens (including phenoxy) is 3. The van der Waals surface area contributed by atoms with Gasteiger partial charge in [0.2, 0.25) is 5.75 Å². The molecular weight excluding hydrogens is 374 g/mol. The normalized spacial score (nSPS) is 10.3. The summed E-state index contributed by atoms with van der Waals surface area (Å²) in [6.45, 7) is 0.300. The molecule has 0 saturated heterocycles. The molecule has 3 aromatic rings. The highest BCUT2D eigenvalue weighted by atomic mass is 16.5. The number of anilines is 1. The van der Waals surface area contributed by atoms with Gasteiger partial charge in [-0.25, -0.2) is 4.79 Å². The van der Waals surface area contributed by atoms with Crippen LogP contribution in [0.2, 0.25) is 0 Å². The molecule has 0 atom stereocenters. The van der Waals surface area contributed by atoms with Crippen LogP contribution in [0.4, 0.5) is 10.5 Å². The van der Waals surface area contributed by atoms with Crippen molar-refractivity contribution >= 4 is 11.7 Å². The zero-order chi connectivity index (χ0) is 20.8. The van der Waals surface area contributed by atoms with Crippen molar-refractivity contribution in [2.45, 2.75) is 6.54 Å². The summed E-state index contributed by atoms with van der Waals surface area (Å²) >= 11 is 0. The predicted molar refractivity (Wildman–Crippen MR) is 108 cm³/mol. The molecule has 0 aliphatic carbocycles. The molecule has 2 amide bonds. The Hall–Kier alpha value is -3.75. The Labute approximate surface area is 168 Å². The van der Waals surface area contributed by atoms with Crippen molar-refractivity contribution in [3.8, 4) is 28.5 Å². The van der Waals surface area contributed by atoms with Crippen molar-refractivity contribution in [3.05, 3.63) is 48.4 Å². The van der Waals surface area contributed by atoms with Crippen LogP contribution in [0.1, 0.15) is 5.56 Å². The fraction of sp³-hybridized carbons (Fsp3) is 0.250. The Morgan fingerprint density at radius 2 is 1.86 bits per heavy atom. The zero-order valence-corrected chi connectivity index (χ0v) is 16.7. The lowest BCUT2D eigenvalue weighted by Crippen LogP contribution is -2.28. The Balaban J connectivity index is 1.71. The number of hydrogen-bond acceptors (Lipinski definition) is 6. The molecule has 2 heterocycles.